The van der Waals surface area contributed by atoms with E-state index in [0.717, 1.165) is 26.1 Å². The number of nitrogens with one attached hydrogen (secondary N) is 3. The number of amides is 3. The number of likely N-dealkylation sites (tertiary alicyclic amines) is 1. The van der Waals surface area contributed by atoms with Crippen LogP contribution in [0, 0.1) is 5.92 Å². The lowest BCUT2D eigenvalue weighted by Gasteiger charge is -2.24. The molecule has 0 aromatic carbocycles. The van der Waals surface area contributed by atoms with Crippen molar-refractivity contribution in [2.24, 2.45) is 5.92 Å². The van der Waals surface area contributed by atoms with Gasteiger partial charge in [-0.3, -0.25) is 15.0 Å². The lowest BCUT2D eigenvalue weighted by Crippen LogP contribution is -2.45. The first-order chi connectivity index (χ1) is 9.19. The van der Waals surface area contributed by atoms with Crippen molar-refractivity contribution in [2.75, 3.05) is 32.7 Å². The van der Waals surface area contributed by atoms with Crippen LogP contribution in [0.1, 0.15) is 26.2 Å². The van der Waals surface area contributed by atoms with Crippen LogP contribution in [0.5, 0.6) is 0 Å². The van der Waals surface area contributed by atoms with Crippen molar-refractivity contribution >= 4 is 11.9 Å². The summed E-state index contributed by atoms with van der Waals surface area (Å²) < 4.78 is 0. The van der Waals surface area contributed by atoms with E-state index >= 15 is 0 Å². The van der Waals surface area contributed by atoms with Crippen LogP contribution in [-0.4, -0.2) is 55.6 Å². The van der Waals surface area contributed by atoms with E-state index in [1.165, 1.54) is 12.8 Å². The van der Waals surface area contributed by atoms with Gasteiger partial charge in [-0.2, -0.15) is 0 Å². The van der Waals surface area contributed by atoms with Gasteiger partial charge in [0, 0.05) is 25.7 Å². The first-order valence-corrected chi connectivity index (χ1v) is 7.22. The highest BCUT2D eigenvalue weighted by molar-refractivity contribution is 5.95. The van der Waals surface area contributed by atoms with E-state index in [-0.39, 0.29) is 11.9 Å². The lowest BCUT2D eigenvalue weighted by molar-refractivity contribution is -0.120. The van der Waals surface area contributed by atoms with Crippen molar-refractivity contribution in [1.82, 2.24) is 20.9 Å². The monoisotopic (exact) mass is 268 g/mol. The molecule has 0 aromatic rings. The molecule has 0 aromatic heterocycles. The molecule has 2 heterocycles. The Bertz CT molecular complexity index is 321. The third-order valence-electron chi connectivity index (χ3n) is 3.83. The molecule has 108 valence electrons. The molecule has 2 aliphatic rings. The van der Waals surface area contributed by atoms with Gasteiger partial charge in [-0.15, -0.1) is 0 Å². The van der Waals surface area contributed by atoms with Gasteiger partial charge < -0.3 is 10.6 Å². The van der Waals surface area contributed by atoms with Gasteiger partial charge in [-0.05, 0) is 31.7 Å². The number of imide groups is 1. The summed E-state index contributed by atoms with van der Waals surface area (Å²) in [5, 5.41) is 8.51. The maximum Gasteiger partial charge on any atom is 0.321 e. The van der Waals surface area contributed by atoms with Crippen LogP contribution in [0.15, 0.2) is 0 Å². The molecule has 2 saturated heterocycles. The standard InChI is InChI=1S/C13H24N4O2/c1-2-5-15-13(19)16-12(18)9-17-7-10-4-3-6-14-11(10)8-17/h10-11,14H,2-9H2,1H3,(H2,15,16,18,19)/t10-,11+/m0/s1. The van der Waals surface area contributed by atoms with Crippen LogP contribution in [0.25, 0.3) is 0 Å². The fourth-order valence-corrected chi connectivity index (χ4v) is 2.92. The molecule has 2 fully saturated rings. The molecule has 0 spiro atoms. The Labute approximate surface area is 114 Å². The molecular weight excluding hydrogens is 244 g/mol. The SMILES string of the molecule is CCCNC(=O)NC(=O)CN1C[C@@H]2CCCN[C@@H]2C1. The smallest absolute Gasteiger partial charge is 0.321 e. The van der Waals surface area contributed by atoms with E-state index in [0.29, 0.717) is 25.0 Å². The van der Waals surface area contributed by atoms with E-state index in [1.54, 1.807) is 0 Å². The van der Waals surface area contributed by atoms with Crippen LogP contribution < -0.4 is 16.0 Å². The maximum atomic E-state index is 11.7. The molecule has 0 unspecified atom stereocenters. The van der Waals surface area contributed by atoms with Gasteiger partial charge >= 0.3 is 6.03 Å². The Morgan fingerprint density at radius 3 is 2.95 bits per heavy atom. The van der Waals surface area contributed by atoms with Crippen molar-refractivity contribution in [3.05, 3.63) is 0 Å². The molecule has 2 aliphatic heterocycles. The molecule has 3 amide bonds. The maximum absolute atomic E-state index is 11.7. The molecule has 6 nitrogen and oxygen atoms in total. The molecule has 0 aliphatic carbocycles. The van der Waals surface area contributed by atoms with Crippen LogP contribution in [0.2, 0.25) is 0 Å². The van der Waals surface area contributed by atoms with E-state index in [2.05, 4.69) is 20.9 Å². The van der Waals surface area contributed by atoms with E-state index in [4.69, 9.17) is 0 Å². The second kappa shape index (κ2) is 6.86. The van der Waals surface area contributed by atoms with Gasteiger partial charge in [0.15, 0.2) is 0 Å². The average Bonchev–Trinajstić information content (AvgIpc) is 2.78. The Balaban J connectivity index is 1.69. The number of hydrogen-bond acceptors (Lipinski definition) is 4. The van der Waals surface area contributed by atoms with Gasteiger partial charge in [0.05, 0.1) is 6.54 Å². The largest absolute Gasteiger partial charge is 0.338 e. The number of nitrogens with zero attached hydrogens (tertiary/aromatic N) is 1. The minimum absolute atomic E-state index is 0.216. The van der Waals surface area contributed by atoms with E-state index in [1.807, 2.05) is 6.92 Å². The quantitative estimate of drug-likeness (QED) is 0.666. The molecule has 0 radical (unpaired) electrons. The highest BCUT2D eigenvalue weighted by Crippen LogP contribution is 2.24. The minimum Gasteiger partial charge on any atom is -0.338 e. The third kappa shape index (κ3) is 4.18. The van der Waals surface area contributed by atoms with Gasteiger partial charge in [-0.1, -0.05) is 6.92 Å². The number of carbonyl (C=O) groups excluding carboxylic acids is 2. The molecule has 6 heteroatoms. The molecule has 2 rings (SSSR count). The average molecular weight is 268 g/mol. The Kier molecular flexibility index (Phi) is 5.15. The summed E-state index contributed by atoms with van der Waals surface area (Å²) in [6, 6.07) is 0.136. The highest BCUT2D eigenvalue weighted by atomic mass is 16.2. The second-order valence-corrected chi connectivity index (χ2v) is 5.46. The van der Waals surface area contributed by atoms with E-state index < -0.39 is 0 Å². The molecule has 19 heavy (non-hydrogen) atoms. The van der Waals surface area contributed by atoms with Crippen molar-refractivity contribution < 1.29 is 9.59 Å². The minimum atomic E-state index is -0.387. The second-order valence-electron chi connectivity index (χ2n) is 5.46. The molecule has 3 N–H and O–H groups in total. The first-order valence-electron chi connectivity index (χ1n) is 7.22. The van der Waals surface area contributed by atoms with E-state index in [9.17, 15) is 9.59 Å². The summed E-state index contributed by atoms with van der Waals surface area (Å²) in [5.74, 6) is 0.447. The summed E-state index contributed by atoms with van der Waals surface area (Å²) in [6.45, 7) is 5.84. The molecule has 2 atom stereocenters. The van der Waals surface area contributed by atoms with Gasteiger partial charge in [0.1, 0.15) is 0 Å². The number of urea groups is 1. The number of hydrogen-bond donors (Lipinski definition) is 3. The highest BCUT2D eigenvalue weighted by Gasteiger charge is 2.34. The number of piperidine rings is 1. The van der Waals surface area contributed by atoms with Gasteiger partial charge in [-0.25, -0.2) is 4.79 Å². The fourth-order valence-electron chi connectivity index (χ4n) is 2.92. The third-order valence-corrected chi connectivity index (χ3v) is 3.83. The summed E-state index contributed by atoms with van der Waals surface area (Å²) in [7, 11) is 0. The van der Waals surface area contributed by atoms with Crippen molar-refractivity contribution in [3.8, 4) is 0 Å². The zero-order chi connectivity index (χ0) is 13.7. The Morgan fingerprint density at radius 1 is 1.37 bits per heavy atom. The van der Waals surface area contributed by atoms with Crippen LogP contribution in [-0.2, 0) is 4.79 Å². The van der Waals surface area contributed by atoms with Crippen molar-refractivity contribution in [3.63, 3.8) is 0 Å². The van der Waals surface area contributed by atoms with Gasteiger partial charge in [0.25, 0.3) is 0 Å². The topological polar surface area (TPSA) is 73.5 Å². The van der Waals surface area contributed by atoms with Crippen LogP contribution in [0.3, 0.4) is 0 Å². The number of carbonyl (C=O) groups is 2. The zero-order valence-corrected chi connectivity index (χ0v) is 11.6. The molecule has 0 bridgehead atoms. The predicted molar refractivity (Wildman–Crippen MR) is 72.8 cm³/mol. The predicted octanol–water partition coefficient (Wildman–Crippen LogP) is -0.0940. The van der Waals surface area contributed by atoms with Gasteiger partial charge in [0.2, 0.25) is 5.91 Å². The first kappa shape index (κ1) is 14.3. The Morgan fingerprint density at radius 2 is 2.21 bits per heavy atom. The van der Waals surface area contributed by atoms with Crippen molar-refractivity contribution in [2.45, 2.75) is 32.2 Å². The zero-order valence-electron chi connectivity index (χ0n) is 11.6. The van der Waals surface area contributed by atoms with Crippen LogP contribution >= 0.6 is 0 Å². The number of fused-ring (bicyclic) bond motifs is 1. The summed E-state index contributed by atoms with van der Waals surface area (Å²) in [4.78, 5) is 25.2. The molecular formula is C13H24N4O2. The molecule has 0 saturated carbocycles. The summed E-state index contributed by atoms with van der Waals surface area (Å²) in [6.07, 6.45) is 3.33. The van der Waals surface area contributed by atoms with Crippen LogP contribution in [0.4, 0.5) is 4.79 Å². The number of rotatable bonds is 4. The van der Waals surface area contributed by atoms with Crippen molar-refractivity contribution in [1.29, 1.82) is 0 Å². The summed E-state index contributed by atoms with van der Waals surface area (Å²) >= 11 is 0. The summed E-state index contributed by atoms with van der Waals surface area (Å²) in [5.41, 5.74) is 0. The fraction of sp³-hybridized carbons (Fsp3) is 0.846. The Hall–Kier alpha value is -1.14. The lowest BCUT2D eigenvalue weighted by atomic mass is 9.94. The normalized spacial score (nSPS) is 26.8.